The SMILES string of the molecule is N[C@H](Cc1c[nH]c2ccccc12)C(=O)NN1CCOCC1. The van der Waals surface area contributed by atoms with Crippen molar-refractivity contribution in [2.45, 2.75) is 12.5 Å². The average molecular weight is 288 g/mol. The van der Waals surface area contributed by atoms with Crippen LogP contribution in [0.2, 0.25) is 0 Å². The van der Waals surface area contributed by atoms with Crippen LogP contribution in [0.25, 0.3) is 10.9 Å². The first-order valence-electron chi connectivity index (χ1n) is 7.18. The topological polar surface area (TPSA) is 83.4 Å². The molecule has 1 atom stereocenters. The van der Waals surface area contributed by atoms with Crippen LogP contribution in [-0.4, -0.2) is 48.2 Å². The van der Waals surface area contributed by atoms with Crippen molar-refractivity contribution in [3.05, 3.63) is 36.0 Å². The molecule has 0 spiro atoms. The van der Waals surface area contributed by atoms with Gasteiger partial charge in [-0.1, -0.05) is 18.2 Å². The van der Waals surface area contributed by atoms with Gasteiger partial charge in [-0.3, -0.25) is 10.2 Å². The summed E-state index contributed by atoms with van der Waals surface area (Å²) in [6.45, 7) is 2.67. The van der Waals surface area contributed by atoms with E-state index in [9.17, 15) is 4.79 Å². The number of hydrogen-bond acceptors (Lipinski definition) is 4. The van der Waals surface area contributed by atoms with Gasteiger partial charge in [0.05, 0.1) is 19.3 Å². The van der Waals surface area contributed by atoms with Crippen molar-refractivity contribution in [3.8, 4) is 0 Å². The fourth-order valence-corrected chi connectivity index (χ4v) is 2.54. The Labute approximate surface area is 123 Å². The first-order valence-corrected chi connectivity index (χ1v) is 7.18. The molecule has 21 heavy (non-hydrogen) atoms. The molecule has 2 aromatic rings. The van der Waals surface area contributed by atoms with Gasteiger partial charge < -0.3 is 15.5 Å². The van der Waals surface area contributed by atoms with Crippen molar-refractivity contribution < 1.29 is 9.53 Å². The molecule has 0 radical (unpaired) electrons. The van der Waals surface area contributed by atoms with Crippen molar-refractivity contribution in [1.29, 1.82) is 0 Å². The number of carbonyl (C=O) groups excluding carboxylic acids is 1. The molecule has 1 aliphatic rings. The summed E-state index contributed by atoms with van der Waals surface area (Å²) < 4.78 is 5.25. The number of morpholine rings is 1. The van der Waals surface area contributed by atoms with Crippen LogP contribution >= 0.6 is 0 Å². The lowest BCUT2D eigenvalue weighted by Gasteiger charge is -2.28. The van der Waals surface area contributed by atoms with Gasteiger partial charge in [-0.05, 0) is 18.1 Å². The molecule has 1 aliphatic heterocycles. The summed E-state index contributed by atoms with van der Waals surface area (Å²) in [4.78, 5) is 15.3. The number of nitrogens with one attached hydrogen (secondary N) is 2. The van der Waals surface area contributed by atoms with Crippen LogP contribution in [0.3, 0.4) is 0 Å². The lowest BCUT2D eigenvalue weighted by molar-refractivity contribution is -0.129. The van der Waals surface area contributed by atoms with Crippen LogP contribution in [0.1, 0.15) is 5.56 Å². The number of fused-ring (bicyclic) bond motifs is 1. The van der Waals surface area contributed by atoms with Crippen molar-refractivity contribution in [1.82, 2.24) is 15.4 Å². The van der Waals surface area contributed by atoms with Crippen molar-refractivity contribution in [2.24, 2.45) is 5.73 Å². The minimum atomic E-state index is -0.563. The number of benzene rings is 1. The number of carbonyl (C=O) groups is 1. The van der Waals surface area contributed by atoms with Crippen LogP contribution in [0.5, 0.6) is 0 Å². The summed E-state index contributed by atoms with van der Waals surface area (Å²) in [5, 5.41) is 2.98. The number of aromatic nitrogens is 1. The zero-order valence-corrected chi connectivity index (χ0v) is 11.8. The second-order valence-electron chi connectivity index (χ2n) is 5.25. The Morgan fingerprint density at radius 1 is 1.38 bits per heavy atom. The highest BCUT2D eigenvalue weighted by atomic mass is 16.5. The number of H-pyrrole nitrogens is 1. The number of rotatable bonds is 4. The third-order valence-corrected chi connectivity index (χ3v) is 3.73. The molecule has 6 nitrogen and oxygen atoms in total. The fraction of sp³-hybridized carbons (Fsp3) is 0.400. The number of ether oxygens (including phenoxy) is 1. The molecule has 1 amide bonds. The minimum absolute atomic E-state index is 0.151. The predicted molar refractivity (Wildman–Crippen MR) is 80.5 cm³/mol. The molecule has 112 valence electrons. The molecule has 2 heterocycles. The molecule has 1 saturated heterocycles. The second kappa shape index (κ2) is 6.26. The van der Waals surface area contributed by atoms with Gasteiger partial charge >= 0.3 is 0 Å². The number of aromatic amines is 1. The summed E-state index contributed by atoms with van der Waals surface area (Å²) in [5.41, 5.74) is 11.0. The summed E-state index contributed by atoms with van der Waals surface area (Å²) >= 11 is 0. The molecule has 3 rings (SSSR count). The number of hydrazine groups is 1. The maximum absolute atomic E-state index is 12.1. The molecular weight excluding hydrogens is 268 g/mol. The van der Waals surface area contributed by atoms with Gasteiger partial charge in [0.15, 0.2) is 0 Å². The molecule has 0 saturated carbocycles. The van der Waals surface area contributed by atoms with E-state index >= 15 is 0 Å². The Bertz CT molecular complexity index is 619. The highest BCUT2D eigenvalue weighted by Crippen LogP contribution is 2.18. The van der Waals surface area contributed by atoms with E-state index in [4.69, 9.17) is 10.5 Å². The van der Waals surface area contributed by atoms with E-state index in [-0.39, 0.29) is 5.91 Å². The number of nitrogens with two attached hydrogens (primary N) is 1. The van der Waals surface area contributed by atoms with Crippen LogP contribution in [0, 0.1) is 0 Å². The molecule has 6 heteroatoms. The normalized spacial score (nSPS) is 17.8. The van der Waals surface area contributed by atoms with Gasteiger partial charge in [-0.25, -0.2) is 5.01 Å². The lowest BCUT2D eigenvalue weighted by Crippen LogP contribution is -2.53. The van der Waals surface area contributed by atoms with Crippen LogP contribution in [0.15, 0.2) is 30.5 Å². The Kier molecular flexibility index (Phi) is 4.19. The third kappa shape index (κ3) is 3.24. The molecule has 0 aliphatic carbocycles. The Hall–Kier alpha value is -1.89. The predicted octanol–water partition coefficient (Wildman–Crippen LogP) is 0.401. The van der Waals surface area contributed by atoms with Crippen LogP contribution < -0.4 is 11.2 Å². The highest BCUT2D eigenvalue weighted by molar-refractivity contribution is 5.85. The smallest absolute Gasteiger partial charge is 0.251 e. The minimum Gasteiger partial charge on any atom is -0.379 e. The monoisotopic (exact) mass is 288 g/mol. The average Bonchev–Trinajstić information content (AvgIpc) is 2.91. The number of amides is 1. The van der Waals surface area contributed by atoms with Crippen molar-refractivity contribution >= 4 is 16.8 Å². The quantitative estimate of drug-likeness (QED) is 0.760. The first-order chi connectivity index (χ1) is 10.2. The van der Waals surface area contributed by atoms with E-state index in [0.717, 1.165) is 16.5 Å². The maximum Gasteiger partial charge on any atom is 0.251 e. The molecular formula is C15H20N4O2. The van der Waals surface area contributed by atoms with Crippen molar-refractivity contribution in [2.75, 3.05) is 26.3 Å². The summed E-state index contributed by atoms with van der Waals surface area (Å²) in [6, 6.07) is 7.45. The van der Waals surface area contributed by atoms with Crippen LogP contribution in [0.4, 0.5) is 0 Å². The molecule has 1 aromatic heterocycles. The van der Waals surface area contributed by atoms with E-state index in [0.29, 0.717) is 32.7 Å². The fourth-order valence-electron chi connectivity index (χ4n) is 2.54. The standard InChI is InChI=1S/C15H20N4O2/c16-13(15(20)18-19-5-7-21-8-6-19)9-11-10-17-14-4-2-1-3-12(11)14/h1-4,10,13,17H,5-9,16H2,(H,18,20)/t13-/m1/s1. The second-order valence-corrected chi connectivity index (χ2v) is 5.25. The number of para-hydroxylation sites is 1. The summed E-state index contributed by atoms with van der Waals surface area (Å²) in [6.07, 6.45) is 2.44. The molecule has 1 aromatic carbocycles. The van der Waals surface area contributed by atoms with Gasteiger partial charge in [0.1, 0.15) is 0 Å². The largest absolute Gasteiger partial charge is 0.379 e. The van der Waals surface area contributed by atoms with E-state index < -0.39 is 6.04 Å². The first kappa shape index (κ1) is 14.1. The Morgan fingerprint density at radius 3 is 2.95 bits per heavy atom. The maximum atomic E-state index is 12.1. The number of hydrogen-bond donors (Lipinski definition) is 3. The zero-order valence-electron chi connectivity index (χ0n) is 11.8. The Morgan fingerprint density at radius 2 is 2.14 bits per heavy atom. The highest BCUT2D eigenvalue weighted by Gasteiger charge is 2.19. The van der Waals surface area contributed by atoms with Gasteiger partial charge in [0.25, 0.3) is 5.91 Å². The molecule has 4 N–H and O–H groups in total. The molecule has 1 fully saturated rings. The van der Waals surface area contributed by atoms with E-state index in [1.54, 1.807) is 0 Å². The van der Waals surface area contributed by atoms with Gasteiger partial charge in [0, 0.05) is 30.2 Å². The number of nitrogens with zero attached hydrogens (tertiary/aromatic N) is 1. The zero-order chi connectivity index (χ0) is 14.7. The summed E-state index contributed by atoms with van der Waals surface area (Å²) in [5.74, 6) is -0.151. The molecule has 0 bridgehead atoms. The third-order valence-electron chi connectivity index (χ3n) is 3.73. The van der Waals surface area contributed by atoms with Gasteiger partial charge in [-0.15, -0.1) is 0 Å². The lowest BCUT2D eigenvalue weighted by atomic mass is 10.1. The van der Waals surface area contributed by atoms with E-state index in [2.05, 4.69) is 10.4 Å². The molecule has 0 unspecified atom stereocenters. The van der Waals surface area contributed by atoms with E-state index in [1.807, 2.05) is 35.5 Å². The van der Waals surface area contributed by atoms with E-state index in [1.165, 1.54) is 0 Å². The van der Waals surface area contributed by atoms with Crippen molar-refractivity contribution in [3.63, 3.8) is 0 Å². The van der Waals surface area contributed by atoms with Crippen LogP contribution in [-0.2, 0) is 16.0 Å². The van der Waals surface area contributed by atoms with Gasteiger partial charge in [0.2, 0.25) is 0 Å². The Balaban J connectivity index is 1.62. The van der Waals surface area contributed by atoms with Gasteiger partial charge in [-0.2, -0.15) is 0 Å². The summed E-state index contributed by atoms with van der Waals surface area (Å²) in [7, 11) is 0.